The van der Waals surface area contributed by atoms with Crippen molar-refractivity contribution in [3.63, 3.8) is 0 Å². The average Bonchev–Trinajstić information content (AvgIpc) is 3.41. The molecule has 1 atom stereocenters. The molecule has 2 heterocycles. The van der Waals surface area contributed by atoms with Crippen molar-refractivity contribution in [2.75, 3.05) is 7.11 Å². The second kappa shape index (κ2) is 10.3. The number of rotatable bonds is 7. The van der Waals surface area contributed by atoms with Crippen molar-refractivity contribution < 1.29 is 9.26 Å². The molecule has 0 amide bonds. The van der Waals surface area contributed by atoms with E-state index in [0.29, 0.717) is 23.4 Å². The summed E-state index contributed by atoms with van der Waals surface area (Å²) >= 11 is 5.84. The number of nitrogens with zero attached hydrogens (tertiary/aromatic N) is 3. The molecule has 0 fully saturated rings. The molecule has 1 N–H and O–H groups in total. The van der Waals surface area contributed by atoms with Gasteiger partial charge >= 0.3 is 0 Å². The van der Waals surface area contributed by atoms with Crippen molar-refractivity contribution in [1.29, 1.82) is 0 Å². The molecule has 0 aliphatic carbocycles. The first-order valence-electron chi connectivity index (χ1n) is 12.0. The Morgan fingerprint density at radius 3 is 2.44 bits per heavy atom. The molecule has 3 aromatic carbocycles. The SMILES string of the molecule is CCc1ccc(-c2noc(C3=C(C)N(Cc4ccccc4OC)C(=S)NC3c3ccccc3)n2)cc1. The highest BCUT2D eigenvalue weighted by atomic mass is 32.1. The zero-order valence-electron chi connectivity index (χ0n) is 20.6. The van der Waals surface area contributed by atoms with Crippen LogP contribution in [0.4, 0.5) is 0 Å². The highest BCUT2D eigenvalue weighted by Crippen LogP contribution is 2.38. The van der Waals surface area contributed by atoms with Crippen LogP contribution in [0.1, 0.15) is 42.5 Å². The van der Waals surface area contributed by atoms with Crippen LogP contribution in [0.5, 0.6) is 5.75 Å². The van der Waals surface area contributed by atoms with Gasteiger partial charge in [-0.15, -0.1) is 0 Å². The Morgan fingerprint density at radius 1 is 1.00 bits per heavy atom. The van der Waals surface area contributed by atoms with E-state index in [1.165, 1.54) is 5.56 Å². The monoisotopic (exact) mass is 496 g/mol. The molecule has 0 spiro atoms. The number of aryl methyl sites for hydroxylation is 1. The van der Waals surface area contributed by atoms with Crippen molar-refractivity contribution in [3.8, 4) is 17.1 Å². The standard InChI is InChI=1S/C29H28N4O2S/c1-4-20-14-16-22(17-15-20)27-31-28(35-32-27)25-19(2)33(18-23-12-8-9-13-24(23)34-3)29(36)30-26(25)21-10-6-5-7-11-21/h5-17,26H,4,18H2,1-3H3,(H,30,36). The van der Waals surface area contributed by atoms with Crippen molar-refractivity contribution in [3.05, 3.63) is 107 Å². The molecule has 1 aliphatic rings. The Hall–Kier alpha value is -3.97. The third-order valence-electron chi connectivity index (χ3n) is 6.53. The number of hydrogen-bond acceptors (Lipinski definition) is 5. The maximum Gasteiger partial charge on any atom is 0.258 e. The fourth-order valence-corrected chi connectivity index (χ4v) is 4.81. The third-order valence-corrected chi connectivity index (χ3v) is 6.87. The maximum absolute atomic E-state index is 5.86. The van der Waals surface area contributed by atoms with Crippen LogP contribution in [-0.2, 0) is 13.0 Å². The van der Waals surface area contributed by atoms with Gasteiger partial charge in [-0.1, -0.05) is 84.9 Å². The van der Waals surface area contributed by atoms with E-state index in [2.05, 4.69) is 46.6 Å². The topological polar surface area (TPSA) is 63.4 Å². The van der Waals surface area contributed by atoms with Crippen molar-refractivity contribution in [2.24, 2.45) is 0 Å². The minimum atomic E-state index is -0.219. The fraction of sp³-hybridized carbons (Fsp3) is 0.207. The van der Waals surface area contributed by atoms with Gasteiger partial charge in [-0.25, -0.2) is 0 Å². The molecule has 36 heavy (non-hydrogen) atoms. The zero-order chi connectivity index (χ0) is 25.1. The molecule has 0 radical (unpaired) electrons. The van der Waals surface area contributed by atoms with Crippen molar-refractivity contribution in [1.82, 2.24) is 20.4 Å². The van der Waals surface area contributed by atoms with Crippen LogP contribution in [0, 0.1) is 0 Å². The molecule has 0 saturated heterocycles. The normalized spacial score (nSPS) is 15.7. The van der Waals surface area contributed by atoms with Gasteiger partial charge in [-0.3, -0.25) is 0 Å². The number of aromatic nitrogens is 2. The number of hydrogen-bond donors (Lipinski definition) is 1. The van der Waals surface area contributed by atoms with Crippen LogP contribution in [0.25, 0.3) is 17.0 Å². The second-order valence-electron chi connectivity index (χ2n) is 8.66. The van der Waals surface area contributed by atoms with Crippen LogP contribution in [0.2, 0.25) is 0 Å². The predicted molar refractivity (Wildman–Crippen MR) is 145 cm³/mol. The van der Waals surface area contributed by atoms with Crippen LogP contribution in [0.3, 0.4) is 0 Å². The Kier molecular flexibility index (Phi) is 6.82. The Bertz CT molecular complexity index is 1400. The molecular formula is C29H28N4O2S. The average molecular weight is 497 g/mol. The maximum atomic E-state index is 5.86. The number of nitrogens with one attached hydrogen (secondary N) is 1. The van der Waals surface area contributed by atoms with E-state index in [1.807, 2.05) is 61.5 Å². The molecule has 4 aromatic rings. The van der Waals surface area contributed by atoms with Crippen LogP contribution < -0.4 is 10.1 Å². The lowest BCUT2D eigenvalue weighted by atomic mass is 9.94. The first-order valence-corrected chi connectivity index (χ1v) is 12.4. The number of methoxy groups -OCH3 is 1. The molecule has 182 valence electrons. The van der Waals surface area contributed by atoms with E-state index in [4.69, 9.17) is 26.5 Å². The molecule has 1 aromatic heterocycles. The summed E-state index contributed by atoms with van der Waals surface area (Å²) in [6.45, 7) is 4.73. The highest BCUT2D eigenvalue weighted by molar-refractivity contribution is 7.80. The van der Waals surface area contributed by atoms with E-state index in [0.717, 1.165) is 40.1 Å². The first kappa shape index (κ1) is 23.8. The highest BCUT2D eigenvalue weighted by Gasteiger charge is 2.34. The molecular weight excluding hydrogens is 468 g/mol. The minimum Gasteiger partial charge on any atom is -0.496 e. The minimum absolute atomic E-state index is 0.219. The van der Waals surface area contributed by atoms with Crippen LogP contribution >= 0.6 is 12.2 Å². The van der Waals surface area contributed by atoms with Gasteiger partial charge in [0.25, 0.3) is 5.89 Å². The number of thiocarbonyl (C=S) groups is 1. The largest absolute Gasteiger partial charge is 0.496 e. The van der Waals surface area contributed by atoms with Gasteiger partial charge in [0.05, 0.1) is 25.3 Å². The van der Waals surface area contributed by atoms with E-state index in [-0.39, 0.29) is 6.04 Å². The van der Waals surface area contributed by atoms with Crippen molar-refractivity contribution in [2.45, 2.75) is 32.9 Å². The summed E-state index contributed by atoms with van der Waals surface area (Å²) in [6, 6.07) is 26.2. The molecule has 1 unspecified atom stereocenters. The fourth-order valence-electron chi connectivity index (χ4n) is 4.49. The molecule has 6 nitrogen and oxygen atoms in total. The summed E-state index contributed by atoms with van der Waals surface area (Å²) in [6.07, 6.45) is 0.982. The first-order chi connectivity index (χ1) is 17.6. The van der Waals surface area contributed by atoms with Gasteiger partial charge in [0.1, 0.15) is 5.75 Å². The van der Waals surface area contributed by atoms with E-state index < -0.39 is 0 Å². The van der Waals surface area contributed by atoms with Gasteiger partial charge < -0.3 is 19.5 Å². The van der Waals surface area contributed by atoms with Crippen LogP contribution in [0.15, 0.2) is 89.1 Å². The lowest BCUT2D eigenvalue weighted by Crippen LogP contribution is -2.45. The van der Waals surface area contributed by atoms with Gasteiger partial charge in [0.2, 0.25) is 5.82 Å². The summed E-state index contributed by atoms with van der Waals surface area (Å²) in [7, 11) is 1.68. The third kappa shape index (κ3) is 4.62. The Morgan fingerprint density at radius 2 is 1.72 bits per heavy atom. The van der Waals surface area contributed by atoms with Crippen molar-refractivity contribution >= 4 is 22.9 Å². The molecule has 1 aliphatic heterocycles. The lowest BCUT2D eigenvalue weighted by molar-refractivity contribution is 0.387. The zero-order valence-corrected chi connectivity index (χ0v) is 21.4. The molecule has 0 bridgehead atoms. The van der Waals surface area contributed by atoms with Gasteiger partial charge in [0, 0.05) is 16.8 Å². The smallest absolute Gasteiger partial charge is 0.258 e. The summed E-state index contributed by atoms with van der Waals surface area (Å²) in [5.74, 6) is 1.84. The summed E-state index contributed by atoms with van der Waals surface area (Å²) in [4.78, 5) is 6.87. The van der Waals surface area contributed by atoms with Gasteiger partial charge in [-0.2, -0.15) is 4.98 Å². The number of ether oxygens (including phenoxy) is 1. The van der Waals surface area contributed by atoms with E-state index >= 15 is 0 Å². The van der Waals surface area contributed by atoms with E-state index in [9.17, 15) is 0 Å². The number of benzene rings is 3. The quantitative estimate of drug-likeness (QED) is 0.307. The van der Waals surface area contributed by atoms with Gasteiger partial charge in [0.15, 0.2) is 5.11 Å². The predicted octanol–water partition coefficient (Wildman–Crippen LogP) is 6.17. The summed E-state index contributed by atoms with van der Waals surface area (Å²) in [5, 5.41) is 8.46. The molecule has 5 rings (SSSR count). The van der Waals surface area contributed by atoms with Gasteiger partial charge in [-0.05, 0) is 42.8 Å². The lowest BCUT2D eigenvalue weighted by Gasteiger charge is -2.37. The number of allylic oxidation sites excluding steroid dienone is 1. The second-order valence-corrected chi connectivity index (χ2v) is 9.05. The molecule has 0 saturated carbocycles. The van der Waals surface area contributed by atoms with E-state index in [1.54, 1.807) is 7.11 Å². The summed E-state index contributed by atoms with van der Waals surface area (Å²) in [5.41, 5.74) is 6.13. The Balaban J connectivity index is 1.58. The van der Waals surface area contributed by atoms with Crippen LogP contribution in [-0.4, -0.2) is 27.3 Å². The summed E-state index contributed by atoms with van der Waals surface area (Å²) < 4.78 is 11.4. The Labute approximate surface area is 216 Å². The molecule has 7 heteroatoms. The number of para-hydroxylation sites is 1.